The zero-order valence-electron chi connectivity index (χ0n) is 9.17. The van der Waals surface area contributed by atoms with Crippen LogP contribution in [0.25, 0.3) is 6.08 Å². The summed E-state index contributed by atoms with van der Waals surface area (Å²) in [4.78, 5) is 11.0. The minimum Gasteiger partial charge on any atom is -0.448 e. The lowest BCUT2D eigenvalue weighted by Gasteiger charge is -2.11. The van der Waals surface area contributed by atoms with Crippen LogP contribution >= 0.6 is 0 Å². The Balaban J connectivity index is 2.40. The zero-order valence-corrected chi connectivity index (χ0v) is 9.17. The lowest BCUT2D eigenvalue weighted by Crippen LogP contribution is -2.28. The monoisotopic (exact) mass is 221 g/mol. The van der Waals surface area contributed by atoms with E-state index in [1.54, 1.807) is 13.0 Å². The second kappa shape index (κ2) is 6.63. The molecule has 0 aromatic heterocycles. The minimum atomic E-state index is -0.736. The second-order valence-corrected chi connectivity index (χ2v) is 3.09. The summed E-state index contributed by atoms with van der Waals surface area (Å²) in [6, 6.07) is 9.63. The zero-order chi connectivity index (χ0) is 11.8. The Morgan fingerprint density at radius 1 is 1.44 bits per heavy atom. The van der Waals surface area contributed by atoms with Crippen LogP contribution in [0.2, 0.25) is 0 Å². The number of nitrogens with zero attached hydrogens (tertiary/aromatic N) is 1. The van der Waals surface area contributed by atoms with Crippen LogP contribution in [0.4, 0.5) is 4.79 Å². The molecule has 0 saturated carbocycles. The maximum absolute atomic E-state index is 11.0. The van der Waals surface area contributed by atoms with Gasteiger partial charge in [0.05, 0.1) is 13.2 Å². The van der Waals surface area contributed by atoms with Gasteiger partial charge in [-0.1, -0.05) is 42.5 Å². The highest BCUT2D eigenvalue weighted by Gasteiger charge is 2.08. The molecule has 0 atom stereocenters. The molecule has 1 amide bonds. The summed E-state index contributed by atoms with van der Waals surface area (Å²) >= 11 is 0. The van der Waals surface area contributed by atoms with E-state index in [2.05, 4.69) is 4.74 Å². The van der Waals surface area contributed by atoms with E-state index in [0.29, 0.717) is 5.06 Å². The summed E-state index contributed by atoms with van der Waals surface area (Å²) < 4.78 is 4.61. The summed E-state index contributed by atoms with van der Waals surface area (Å²) in [5.41, 5.74) is 1.01. The van der Waals surface area contributed by atoms with Crippen LogP contribution in [-0.4, -0.2) is 29.5 Å². The minimum absolute atomic E-state index is 0.105. The predicted molar refractivity (Wildman–Crippen MR) is 61.0 cm³/mol. The molecular weight excluding hydrogens is 206 g/mol. The van der Waals surface area contributed by atoms with E-state index in [1.165, 1.54) is 0 Å². The van der Waals surface area contributed by atoms with Crippen LogP contribution in [0.5, 0.6) is 0 Å². The van der Waals surface area contributed by atoms with Crippen LogP contribution in [0.15, 0.2) is 36.4 Å². The van der Waals surface area contributed by atoms with Crippen molar-refractivity contribution < 1.29 is 14.7 Å². The molecule has 0 unspecified atom stereocenters. The molecule has 0 aliphatic rings. The number of hydrogen-bond donors (Lipinski definition) is 1. The molecule has 4 nitrogen and oxygen atoms in total. The smallest absolute Gasteiger partial charge is 0.434 e. The van der Waals surface area contributed by atoms with E-state index in [4.69, 9.17) is 0 Å². The second-order valence-electron chi connectivity index (χ2n) is 3.09. The van der Waals surface area contributed by atoms with Crippen molar-refractivity contribution in [2.24, 2.45) is 0 Å². The van der Waals surface area contributed by atoms with Crippen molar-refractivity contribution in [2.75, 3.05) is 13.2 Å². The third kappa shape index (κ3) is 4.14. The molecule has 16 heavy (non-hydrogen) atoms. The van der Waals surface area contributed by atoms with Crippen LogP contribution in [0.1, 0.15) is 12.5 Å². The quantitative estimate of drug-likeness (QED) is 0.628. The van der Waals surface area contributed by atoms with Gasteiger partial charge in [-0.2, -0.15) is 5.06 Å². The van der Waals surface area contributed by atoms with Crippen LogP contribution in [-0.2, 0) is 4.74 Å². The van der Waals surface area contributed by atoms with E-state index in [9.17, 15) is 10.0 Å². The van der Waals surface area contributed by atoms with Gasteiger partial charge in [0.25, 0.3) is 0 Å². The molecule has 86 valence electrons. The van der Waals surface area contributed by atoms with Gasteiger partial charge in [-0.05, 0) is 12.5 Å². The molecule has 1 N–H and O–H groups in total. The van der Waals surface area contributed by atoms with Gasteiger partial charge in [0.2, 0.25) is 0 Å². The van der Waals surface area contributed by atoms with Gasteiger partial charge in [-0.3, -0.25) is 5.21 Å². The molecule has 0 aliphatic carbocycles. The van der Waals surface area contributed by atoms with E-state index >= 15 is 0 Å². The fraction of sp³-hybridized carbons (Fsp3) is 0.250. The van der Waals surface area contributed by atoms with Gasteiger partial charge in [0.1, 0.15) is 0 Å². The van der Waals surface area contributed by atoms with Crippen molar-refractivity contribution in [1.82, 2.24) is 5.06 Å². The number of rotatable bonds is 4. The highest BCUT2D eigenvalue weighted by Crippen LogP contribution is 2.01. The van der Waals surface area contributed by atoms with Gasteiger partial charge in [-0.25, -0.2) is 4.79 Å². The van der Waals surface area contributed by atoms with Crippen molar-refractivity contribution in [3.8, 4) is 0 Å². The van der Waals surface area contributed by atoms with Crippen LogP contribution in [0, 0.1) is 0 Å². The third-order valence-corrected chi connectivity index (χ3v) is 1.87. The predicted octanol–water partition coefficient (Wildman–Crippen LogP) is 2.55. The Kier molecular flexibility index (Phi) is 5.08. The molecule has 0 radical (unpaired) electrons. The van der Waals surface area contributed by atoms with Crippen LogP contribution in [0.3, 0.4) is 0 Å². The molecule has 0 spiro atoms. The van der Waals surface area contributed by atoms with E-state index in [0.717, 1.165) is 5.56 Å². The Morgan fingerprint density at radius 2 is 2.12 bits per heavy atom. The maximum atomic E-state index is 11.0. The number of carbonyl (C=O) groups is 1. The van der Waals surface area contributed by atoms with Gasteiger partial charge in [0, 0.05) is 0 Å². The van der Waals surface area contributed by atoms with Crippen molar-refractivity contribution in [1.29, 1.82) is 0 Å². The standard InChI is InChI=1S/C12H15NO3/c1-2-16-12(14)13(15)10-6-9-11-7-4-3-5-8-11/h3-9,15H,2,10H2,1H3. The lowest BCUT2D eigenvalue weighted by molar-refractivity contribution is -0.0641. The first-order valence-electron chi connectivity index (χ1n) is 5.08. The molecule has 0 heterocycles. The number of hydrogen-bond acceptors (Lipinski definition) is 3. The largest absolute Gasteiger partial charge is 0.448 e. The van der Waals surface area contributed by atoms with Crippen molar-refractivity contribution in [2.45, 2.75) is 6.92 Å². The molecule has 1 rings (SSSR count). The van der Waals surface area contributed by atoms with Gasteiger partial charge >= 0.3 is 6.09 Å². The Bertz CT molecular complexity index is 349. The first kappa shape index (κ1) is 12.3. The first-order chi connectivity index (χ1) is 7.74. The SMILES string of the molecule is CCOC(=O)N(O)CC=Cc1ccccc1. The van der Waals surface area contributed by atoms with Crippen LogP contribution < -0.4 is 0 Å². The molecule has 0 aliphatic heterocycles. The Morgan fingerprint density at radius 3 is 2.75 bits per heavy atom. The van der Waals surface area contributed by atoms with Gasteiger partial charge in [0.15, 0.2) is 0 Å². The highest BCUT2D eigenvalue weighted by molar-refractivity contribution is 5.66. The number of benzene rings is 1. The van der Waals surface area contributed by atoms with Crippen molar-refractivity contribution in [3.63, 3.8) is 0 Å². The summed E-state index contributed by atoms with van der Waals surface area (Å²) in [5.74, 6) is 0. The molecule has 1 aromatic carbocycles. The molecule has 0 saturated heterocycles. The molecule has 1 aromatic rings. The van der Waals surface area contributed by atoms with Gasteiger partial charge in [-0.15, -0.1) is 0 Å². The molecule has 0 fully saturated rings. The number of ether oxygens (including phenoxy) is 1. The van der Waals surface area contributed by atoms with E-state index in [1.807, 2.05) is 36.4 Å². The third-order valence-electron chi connectivity index (χ3n) is 1.87. The summed E-state index contributed by atoms with van der Waals surface area (Å²) in [6.07, 6.45) is 2.77. The van der Waals surface area contributed by atoms with E-state index in [-0.39, 0.29) is 13.2 Å². The molecule has 4 heteroatoms. The lowest BCUT2D eigenvalue weighted by atomic mass is 10.2. The average Bonchev–Trinajstić information content (AvgIpc) is 2.30. The topological polar surface area (TPSA) is 49.8 Å². The maximum Gasteiger partial charge on any atom is 0.434 e. The van der Waals surface area contributed by atoms with E-state index < -0.39 is 6.09 Å². The Labute approximate surface area is 94.7 Å². The molecular formula is C12H15NO3. The molecule has 0 bridgehead atoms. The van der Waals surface area contributed by atoms with Crippen molar-refractivity contribution in [3.05, 3.63) is 42.0 Å². The normalized spacial score (nSPS) is 10.4. The highest BCUT2D eigenvalue weighted by atomic mass is 16.6. The fourth-order valence-corrected chi connectivity index (χ4v) is 1.13. The number of carbonyl (C=O) groups excluding carboxylic acids is 1. The Hall–Kier alpha value is -1.81. The average molecular weight is 221 g/mol. The summed E-state index contributed by atoms with van der Waals surface area (Å²) in [6.45, 7) is 2.04. The number of amides is 1. The fourth-order valence-electron chi connectivity index (χ4n) is 1.13. The number of hydroxylamine groups is 2. The summed E-state index contributed by atoms with van der Waals surface area (Å²) in [5, 5.41) is 9.77. The van der Waals surface area contributed by atoms with Crippen molar-refractivity contribution >= 4 is 12.2 Å². The summed E-state index contributed by atoms with van der Waals surface area (Å²) in [7, 11) is 0. The van der Waals surface area contributed by atoms with Gasteiger partial charge < -0.3 is 4.74 Å². The first-order valence-corrected chi connectivity index (χ1v) is 5.08.